The van der Waals surface area contributed by atoms with Crippen molar-refractivity contribution in [2.24, 2.45) is 0 Å². The molecule has 3 unspecified atom stereocenters. The number of ether oxygens (including phenoxy) is 2. The lowest BCUT2D eigenvalue weighted by molar-refractivity contribution is -0.152. The largest absolute Gasteiger partial charge is 0.484 e. The minimum Gasteiger partial charge on any atom is -0.484 e. The average Bonchev–Trinajstić information content (AvgIpc) is 2.63. The van der Waals surface area contributed by atoms with Crippen molar-refractivity contribution in [2.45, 2.75) is 70.2 Å². The number of rotatable bonds is 3. The van der Waals surface area contributed by atoms with Crippen molar-refractivity contribution in [2.75, 3.05) is 0 Å². The van der Waals surface area contributed by atoms with Crippen LogP contribution in [0.3, 0.4) is 0 Å². The highest BCUT2D eigenvalue weighted by atomic mass is 16.6. The zero-order valence-corrected chi connectivity index (χ0v) is 17.1. The molecule has 4 heteroatoms. The van der Waals surface area contributed by atoms with Crippen LogP contribution in [0.4, 0.5) is 0 Å². The minimum absolute atomic E-state index is 0.0206. The van der Waals surface area contributed by atoms with Crippen LogP contribution < -0.4 is 10.4 Å². The Labute approximate surface area is 165 Å². The molecule has 0 saturated carbocycles. The Morgan fingerprint density at radius 2 is 2.07 bits per heavy atom. The van der Waals surface area contributed by atoms with E-state index in [0.717, 1.165) is 41.5 Å². The smallest absolute Gasteiger partial charge is 0.340 e. The van der Waals surface area contributed by atoms with Gasteiger partial charge in [0.1, 0.15) is 23.0 Å². The fraction of sp³-hybridized carbons (Fsp3) is 0.458. The summed E-state index contributed by atoms with van der Waals surface area (Å²) in [5.74, 6) is 0.780. The van der Waals surface area contributed by atoms with E-state index in [1.807, 2.05) is 32.9 Å². The van der Waals surface area contributed by atoms with E-state index in [-0.39, 0.29) is 23.4 Å². The molecule has 1 fully saturated rings. The van der Waals surface area contributed by atoms with Crippen LogP contribution in [0.25, 0.3) is 11.0 Å². The lowest BCUT2D eigenvalue weighted by Crippen LogP contribution is -2.55. The summed E-state index contributed by atoms with van der Waals surface area (Å²) in [4.78, 5) is 12.5. The quantitative estimate of drug-likeness (QED) is 0.551. The summed E-state index contributed by atoms with van der Waals surface area (Å²) in [5, 5.41) is 0.891. The summed E-state index contributed by atoms with van der Waals surface area (Å²) in [6, 6.07) is 5.82. The van der Waals surface area contributed by atoms with Gasteiger partial charge in [-0.25, -0.2) is 4.79 Å². The monoisotopic (exact) mass is 380 g/mol. The minimum atomic E-state index is -0.457. The molecular weight excluding hydrogens is 352 g/mol. The molecule has 2 aliphatic rings. The van der Waals surface area contributed by atoms with Gasteiger partial charge in [-0.05, 0) is 44.4 Å². The standard InChI is InChI=1S/C24H28O4/c1-7-23(4,5)17-11-15-10-16-12-21-24(6,9-8-18(26-21)14(2)3)28-20(16)13-19(15)27-22(17)25/h7,10-11,13,18,21H,1-2,8-9,12H2,3-6H3. The molecule has 0 bridgehead atoms. The van der Waals surface area contributed by atoms with E-state index in [9.17, 15) is 4.79 Å². The van der Waals surface area contributed by atoms with Gasteiger partial charge in [0.25, 0.3) is 0 Å². The lowest BCUT2D eigenvalue weighted by Gasteiger charge is -2.47. The molecule has 0 radical (unpaired) electrons. The number of benzene rings is 1. The SMILES string of the molecule is C=CC(C)(C)c1cc2cc3c(cc2oc1=O)OC1(C)CCC(C(=C)C)OC1C3. The molecule has 148 valence electrons. The molecule has 2 aliphatic heterocycles. The van der Waals surface area contributed by atoms with Crippen molar-refractivity contribution in [3.63, 3.8) is 0 Å². The summed E-state index contributed by atoms with van der Waals surface area (Å²) < 4.78 is 18.4. The molecule has 0 spiro atoms. The fourth-order valence-corrected chi connectivity index (χ4v) is 4.19. The van der Waals surface area contributed by atoms with Gasteiger partial charge < -0.3 is 13.9 Å². The Kier molecular flexibility index (Phi) is 4.31. The Morgan fingerprint density at radius 3 is 2.75 bits per heavy atom. The van der Waals surface area contributed by atoms with E-state index < -0.39 is 5.41 Å². The van der Waals surface area contributed by atoms with Crippen molar-refractivity contribution >= 4 is 11.0 Å². The molecular formula is C24H28O4. The van der Waals surface area contributed by atoms with Crippen LogP contribution in [-0.4, -0.2) is 17.8 Å². The second kappa shape index (κ2) is 6.35. The van der Waals surface area contributed by atoms with Crippen molar-refractivity contribution < 1.29 is 13.9 Å². The van der Waals surface area contributed by atoms with E-state index in [2.05, 4.69) is 26.1 Å². The summed E-state index contributed by atoms with van der Waals surface area (Å²) in [7, 11) is 0. The zero-order chi connectivity index (χ0) is 20.3. The molecule has 1 aromatic heterocycles. The van der Waals surface area contributed by atoms with Crippen LogP contribution in [0.2, 0.25) is 0 Å². The van der Waals surface area contributed by atoms with Gasteiger partial charge in [-0.3, -0.25) is 0 Å². The van der Waals surface area contributed by atoms with Gasteiger partial charge in [-0.1, -0.05) is 32.1 Å². The third-order valence-electron chi connectivity index (χ3n) is 6.33. The number of fused-ring (bicyclic) bond motifs is 3. The van der Waals surface area contributed by atoms with Crippen molar-refractivity contribution in [3.8, 4) is 5.75 Å². The molecule has 2 aromatic rings. The summed E-state index contributed by atoms with van der Waals surface area (Å²) in [6.07, 6.45) is 4.41. The number of hydrogen-bond donors (Lipinski definition) is 0. The predicted octanol–water partition coefficient (Wildman–Crippen LogP) is 5.07. The van der Waals surface area contributed by atoms with Crippen molar-refractivity contribution in [1.29, 1.82) is 0 Å². The molecule has 28 heavy (non-hydrogen) atoms. The van der Waals surface area contributed by atoms with Crippen LogP contribution >= 0.6 is 0 Å². The van der Waals surface area contributed by atoms with Gasteiger partial charge in [0.2, 0.25) is 0 Å². The Bertz CT molecular complexity index is 1030. The van der Waals surface area contributed by atoms with Gasteiger partial charge in [0, 0.05) is 28.9 Å². The topological polar surface area (TPSA) is 48.7 Å². The van der Waals surface area contributed by atoms with Crippen LogP contribution in [0.5, 0.6) is 5.75 Å². The van der Waals surface area contributed by atoms with Crippen molar-refractivity contribution in [1.82, 2.24) is 0 Å². The maximum atomic E-state index is 12.5. The van der Waals surface area contributed by atoms with E-state index in [0.29, 0.717) is 11.1 Å². The van der Waals surface area contributed by atoms with Crippen LogP contribution in [0.1, 0.15) is 51.7 Å². The molecule has 4 nitrogen and oxygen atoms in total. The van der Waals surface area contributed by atoms with Crippen molar-refractivity contribution in [3.05, 3.63) is 64.6 Å². The maximum absolute atomic E-state index is 12.5. The molecule has 0 aliphatic carbocycles. The Hall–Kier alpha value is -2.33. The van der Waals surface area contributed by atoms with Gasteiger partial charge >= 0.3 is 5.63 Å². The number of allylic oxidation sites excluding steroid dienone is 1. The van der Waals surface area contributed by atoms with Crippen LogP contribution in [0.15, 0.2) is 52.2 Å². The average molecular weight is 380 g/mol. The van der Waals surface area contributed by atoms with Gasteiger partial charge in [0.15, 0.2) is 0 Å². The third-order valence-corrected chi connectivity index (χ3v) is 6.33. The van der Waals surface area contributed by atoms with Crippen LogP contribution in [0, 0.1) is 0 Å². The molecule has 3 atom stereocenters. The van der Waals surface area contributed by atoms with E-state index >= 15 is 0 Å². The summed E-state index contributed by atoms with van der Waals surface area (Å²) in [5.41, 5.74) is 2.12. The highest BCUT2D eigenvalue weighted by Gasteiger charge is 2.46. The Morgan fingerprint density at radius 1 is 1.32 bits per heavy atom. The second-order valence-electron chi connectivity index (χ2n) is 8.99. The fourth-order valence-electron chi connectivity index (χ4n) is 4.19. The van der Waals surface area contributed by atoms with E-state index in [1.165, 1.54) is 0 Å². The molecule has 0 N–H and O–H groups in total. The second-order valence-corrected chi connectivity index (χ2v) is 8.99. The molecule has 3 heterocycles. The Balaban J connectivity index is 1.77. The summed E-state index contributed by atoms with van der Waals surface area (Å²) in [6.45, 7) is 15.9. The molecule has 1 aromatic carbocycles. The highest BCUT2D eigenvalue weighted by molar-refractivity contribution is 5.80. The van der Waals surface area contributed by atoms with Gasteiger partial charge in [0.05, 0.1) is 6.10 Å². The highest BCUT2D eigenvalue weighted by Crippen LogP contribution is 2.43. The first-order valence-corrected chi connectivity index (χ1v) is 9.88. The molecule has 0 amide bonds. The van der Waals surface area contributed by atoms with Crippen LogP contribution in [-0.2, 0) is 16.6 Å². The zero-order valence-electron chi connectivity index (χ0n) is 17.1. The number of hydrogen-bond acceptors (Lipinski definition) is 4. The van der Waals surface area contributed by atoms with E-state index in [1.54, 1.807) is 6.08 Å². The van der Waals surface area contributed by atoms with E-state index in [4.69, 9.17) is 13.9 Å². The lowest BCUT2D eigenvalue weighted by atomic mass is 9.81. The summed E-state index contributed by atoms with van der Waals surface area (Å²) >= 11 is 0. The first-order chi connectivity index (χ1) is 13.1. The third kappa shape index (κ3) is 3.00. The first kappa shape index (κ1) is 19.0. The van der Waals surface area contributed by atoms with Gasteiger partial charge in [-0.15, -0.1) is 6.58 Å². The molecule has 4 rings (SSSR count). The van der Waals surface area contributed by atoms with Gasteiger partial charge in [-0.2, -0.15) is 0 Å². The maximum Gasteiger partial charge on any atom is 0.340 e. The normalized spacial score (nSPS) is 26.9. The molecule has 1 saturated heterocycles. The first-order valence-electron chi connectivity index (χ1n) is 9.88. The predicted molar refractivity (Wildman–Crippen MR) is 111 cm³/mol.